The summed E-state index contributed by atoms with van der Waals surface area (Å²) in [5.41, 5.74) is 5.91. The van der Waals surface area contributed by atoms with Crippen molar-refractivity contribution < 1.29 is 4.42 Å². The summed E-state index contributed by atoms with van der Waals surface area (Å²) in [6, 6.07) is 2.87. The van der Waals surface area contributed by atoms with Gasteiger partial charge in [-0.2, -0.15) is 0 Å². The monoisotopic (exact) mass is 286 g/mol. The molecule has 1 fully saturated rings. The van der Waals surface area contributed by atoms with E-state index in [9.17, 15) is 0 Å². The van der Waals surface area contributed by atoms with Gasteiger partial charge in [0.05, 0.1) is 16.8 Å². The Morgan fingerprint density at radius 2 is 2.38 bits per heavy atom. The molecule has 3 nitrogen and oxygen atoms in total. The lowest BCUT2D eigenvalue weighted by atomic mass is 10.1. The molecule has 90 valence electrons. The molecule has 2 rings (SSSR count). The van der Waals surface area contributed by atoms with Gasteiger partial charge in [-0.05, 0) is 47.8 Å². The molecule has 0 radical (unpaired) electrons. The maximum absolute atomic E-state index is 5.91. The van der Waals surface area contributed by atoms with Crippen molar-refractivity contribution >= 4 is 15.9 Å². The van der Waals surface area contributed by atoms with Crippen LogP contribution in [0.1, 0.15) is 38.0 Å². The van der Waals surface area contributed by atoms with Crippen molar-refractivity contribution in [3.63, 3.8) is 0 Å². The molecule has 0 aromatic carbocycles. The number of nitrogens with two attached hydrogens (primary N) is 1. The summed E-state index contributed by atoms with van der Waals surface area (Å²) in [7, 11) is 0. The van der Waals surface area contributed by atoms with Gasteiger partial charge < -0.3 is 10.2 Å². The van der Waals surface area contributed by atoms with Gasteiger partial charge in [0.25, 0.3) is 0 Å². The van der Waals surface area contributed by atoms with Gasteiger partial charge in [-0.3, -0.25) is 4.90 Å². The van der Waals surface area contributed by atoms with E-state index in [1.165, 1.54) is 12.8 Å². The first-order valence-corrected chi connectivity index (χ1v) is 6.76. The van der Waals surface area contributed by atoms with Gasteiger partial charge in [-0.15, -0.1) is 0 Å². The Bertz CT molecular complexity index is 336. The third-order valence-electron chi connectivity index (χ3n) is 3.07. The Hall–Kier alpha value is -0.320. The molecular weight excluding hydrogens is 268 g/mol. The van der Waals surface area contributed by atoms with Crippen LogP contribution in [0.3, 0.4) is 0 Å². The molecule has 0 bridgehead atoms. The third kappa shape index (κ3) is 2.50. The van der Waals surface area contributed by atoms with E-state index < -0.39 is 0 Å². The van der Waals surface area contributed by atoms with Gasteiger partial charge in [-0.1, -0.05) is 6.92 Å². The zero-order valence-corrected chi connectivity index (χ0v) is 11.2. The Labute approximate surface area is 105 Å². The van der Waals surface area contributed by atoms with E-state index >= 15 is 0 Å². The highest BCUT2D eigenvalue weighted by atomic mass is 79.9. The number of furan rings is 1. The van der Waals surface area contributed by atoms with Crippen LogP contribution in [-0.4, -0.2) is 24.0 Å². The highest BCUT2D eigenvalue weighted by Crippen LogP contribution is 2.36. The van der Waals surface area contributed by atoms with Crippen LogP contribution < -0.4 is 5.73 Å². The van der Waals surface area contributed by atoms with E-state index in [1.54, 1.807) is 6.26 Å². The van der Waals surface area contributed by atoms with E-state index in [4.69, 9.17) is 10.2 Å². The molecular formula is C12H19BrN2O. The number of nitrogens with zero attached hydrogens (tertiary/aromatic N) is 1. The molecule has 1 aromatic rings. The van der Waals surface area contributed by atoms with Crippen molar-refractivity contribution in [1.82, 2.24) is 4.90 Å². The van der Waals surface area contributed by atoms with E-state index in [1.807, 2.05) is 6.07 Å². The molecule has 0 saturated heterocycles. The Balaban J connectivity index is 2.16. The fourth-order valence-corrected chi connectivity index (χ4v) is 2.66. The predicted molar refractivity (Wildman–Crippen MR) is 68.2 cm³/mol. The van der Waals surface area contributed by atoms with Crippen molar-refractivity contribution in [3.8, 4) is 0 Å². The van der Waals surface area contributed by atoms with E-state index in [-0.39, 0.29) is 6.04 Å². The molecule has 1 aromatic heterocycles. The van der Waals surface area contributed by atoms with Crippen LogP contribution in [-0.2, 0) is 0 Å². The van der Waals surface area contributed by atoms with Gasteiger partial charge in [0.15, 0.2) is 0 Å². The largest absolute Gasteiger partial charge is 0.466 e. The molecule has 1 unspecified atom stereocenters. The van der Waals surface area contributed by atoms with Crippen molar-refractivity contribution in [3.05, 3.63) is 22.6 Å². The van der Waals surface area contributed by atoms with Crippen LogP contribution in [0, 0.1) is 0 Å². The molecule has 4 heteroatoms. The minimum absolute atomic E-state index is 0.219. The molecule has 1 saturated carbocycles. The average molecular weight is 287 g/mol. The SMILES string of the molecule is CCCN(C1CC1)C(CN)c1occc1Br. The molecule has 2 N–H and O–H groups in total. The second-order valence-electron chi connectivity index (χ2n) is 4.35. The number of hydrogen-bond donors (Lipinski definition) is 1. The first-order chi connectivity index (χ1) is 7.77. The number of hydrogen-bond acceptors (Lipinski definition) is 3. The smallest absolute Gasteiger partial charge is 0.136 e. The Kier molecular flexibility index (Phi) is 4.05. The van der Waals surface area contributed by atoms with Crippen LogP contribution in [0.15, 0.2) is 21.2 Å². The van der Waals surface area contributed by atoms with E-state index in [0.29, 0.717) is 12.6 Å². The van der Waals surface area contributed by atoms with Crippen LogP contribution in [0.25, 0.3) is 0 Å². The summed E-state index contributed by atoms with van der Waals surface area (Å²) in [5.74, 6) is 0.975. The number of rotatable bonds is 6. The normalized spacial score (nSPS) is 18.0. The summed E-state index contributed by atoms with van der Waals surface area (Å²) < 4.78 is 6.59. The van der Waals surface area contributed by atoms with Crippen molar-refractivity contribution in [2.45, 2.75) is 38.3 Å². The zero-order valence-electron chi connectivity index (χ0n) is 9.66. The minimum atomic E-state index is 0.219. The van der Waals surface area contributed by atoms with E-state index in [0.717, 1.165) is 23.2 Å². The third-order valence-corrected chi connectivity index (χ3v) is 3.72. The topological polar surface area (TPSA) is 42.4 Å². The van der Waals surface area contributed by atoms with Gasteiger partial charge >= 0.3 is 0 Å². The zero-order chi connectivity index (χ0) is 11.5. The molecule has 0 spiro atoms. The van der Waals surface area contributed by atoms with Crippen LogP contribution in [0.5, 0.6) is 0 Å². The maximum Gasteiger partial charge on any atom is 0.136 e. The minimum Gasteiger partial charge on any atom is -0.466 e. The van der Waals surface area contributed by atoms with E-state index in [2.05, 4.69) is 27.8 Å². The van der Waals surface area contributed by atoms with Crippen LogP contribution in [0.2, 0.25) is 0 Å². The summed E-state index contributed by atoms with van der Waals surface area (Å²) in [4.78, 5) is 2.49. The highest BCUT2D eigenvalue weighted by molar-refractivity contribution is 9.10. The molecule has 1 aliphatic rings. The fraction of sp³-hybridized carbons (Fsp3) is 0.667. The van der Waals surface area contributed by atoms with Gasteiger partial charge in [0.2, 0.25) is 0 Å². The second-order valence-corrected chi connectivity index (χ2v) is 5.21. The summed E-state index contributed by atoms with van der Waals surface area (Å²) in [5, 5.41) is 0. The maximum atomic E-state index is 5.91. The lowest BCUT2D eigenvalue weighted by Crippen LogP contribution is -2.36. The Morgan fingerprint density at radius 1 is 1.62 bits per heavy atom. The lowest BCUT2D eigenvalue weighted by Gasteiger charge is -2.29. The summed E-state index contributed by atoms with van der Waals surface area (Å²) in [6.45, 7) is 3.92. The quantitative estimate of drug-likeness (QED) is 0.874. The molecule has 0 amide bonds. The average Bonchev–Trinajstić information content (AvgIpc) is 3.03. The van der Waals surface area contributed by atoms with Crippen molar-refractivity contribution in [2.75, 3.05) is 13.1 Å². The molecule has 1 atom stereocenters. The summed E-state index contributed by atoms with van der Waals surface area (Å²) >= 11 is 3.52. The van der Waals surface area contributed by atoms with Gasteiger partial charge in [-0.25, -0.2) is 0 Å². The van der Waals surface area contributed by atoms with Crippen LogP contribution in [0.4, 0.5) is 0 Å². The molecule has 1 aliphatic carbocycles. The first kappa shape index (κ1) is 12.1. The van der Waals surface area contributed by atoms with Crippen molar-refractivity contribution in [2.24, 2.45) is 5.73 Å². The predicted octanol–water partition coefficient (Wildman–Crippen LogP) is 2.92. The van der Waals surface area contributed by atoms with Crippen LogP contribution >= 0.6 is 15.9 Å². The Morgan fingerprint density at radius 3 is 2.81 bits per heavy atom. The van der Waals surface area contributed by atoms with Crippen molar-refractivity contribution in [1.29, 1.82) is 0 Å². The summed E-state index contributed by atoms with van der Waals surface area (Å²) in [6.07, 6.45) is 5.48. The van der Waals surface area contributed by atoms with Gasteiger partial charge in [0.1, 0.15) is 5.76 Å². The molecule has 16 heavy (non-hydrogen) atoms. The molecule has 0 aliphatic heterocycles. The molecule has 1 heterocycles. The highest BCUT2D eigenvalue weighted by Gasteiger charge is 2.35. The fourth-order valence-electron chi connectivity index (χ4n) is 2.19. The first-order valence-electron chi connectivity index (χ1n) is 5.96. The lowest BCUT2D eigenvalue weighted by molar-refractivity contribution is 0.169. The van der Waals surface area contributed by atoms with Gasteiger partial charge in [0, 0.05) is 12.6 Å². The number of halogens is 1. The standard InChI is InChI=1S/C12H19BrN2O/c1-2-6-15(9-3-4-9)11(8-14)12-10(13)5-7-16-12/h5,7,9,11H,2-4,6,8,14H2,1H3. The second kappa shape index (κ2) is 5.34.